The monoisotopic (exact) mass is 484 g/mol. The third kappa shape index (κ3) is 4.96. The zero-order chi connectivity index (χ0) is 25.1. The van der Waals surface area contributed by atoms with Crippen molar-refractivity contribution >= 4 is 23.6 Å². The highest BCUT2D eigenvalue weighted by molar-refractivity contribution is 6.02. The molecule has 2 atom stereocenters. The van der Waals surface area contributed by atoms with Crippen molar-refractivity contribution in [2.45, 2.75) is 38.4 Å². The molecular formula is C25H25FN2O7. The first-order valence-corrected chi connectivity index (χ1v) is 11.3. The first-order valence-electron chi connectivity index (χ1n) is 11.3. The van der Waals surface area contributed by atoms with E-state index < -0.39 is 42.8 Å². The topological polar surface area (TPSA) is 122 Å². The average molecular weight is 484 g/mol. The molecule has 9 nitrogen and oxygen atoms in total. The molecule has 10 heteroatoms. The molecule has 184 valence electrons. The van der Waals surface area contributed by atoms with Crippen LogP contribution in [-0.2, 0) is 20.9 Å². The van der Waals surface area contributed by atoms with Crippen molar-refractivity contribution in [3.8, 4) is 22.6 Å². The second-order valence-electron chi connectivity index (χ2n) is 8.35. The highest BCUT2D eigenvalue weighted by atomic mass is 19.1. The predicted molar refractivity (Wildman–Crippen MR) is 122 cm³/mol. The summed E-state index contributed by atoms with van der Waals surface area (Å²) in [6, 6.07) is 8.55. The summed E-state index contributed by atoms with van der Waals surface area (Å²) in [5.74, 6) is -2.14. The number of carboxylic acid groups (broad SMARTS) is 1. The third-order valence-electron chi connectivity index (χ3n) is 6.10. The molecule has 2 amide bonds. The number of Topliss-reactive ketones (excluding diaryl/α,β-unsaturated/α-hetero) is 1. The Kier molecular flexibility index (Phi) is 6.99. The Hall–Kier alpha value is -3.95. The van der Waals surface area contributed by atoms with Gasteiger partial charge in [-0.05, 0) is 41.3 Å². The van der Waals surface area contributed by atoms with E-state index in [9.17, 15) is 23.6 Å². The fourth-order valence-electron chi connectivity index (χ4n) is 4.31. The lowest BCUT2D eigenvalue weighted by Crippen LogP contribution is -2.52. The maximum atomic E-state index is 13.3. The maximum Gasteiger partial charge on any atom is 0.305 e. The molecule has 2 aromatic carbocycles. The molecule has 0 radical (unpaired) electrons. The van der Waals surface area contributed by atoms with Crippen molar-refractivity contribution in [3.63, 3.8) is 0 Å². The smallest absolute Gasteiger partial charge is 0.305 e. The molecule has 4 rings (SSSR count). The van der Waals surface area contributed by atoms with Gasteiger partial charge < -0.3 is 24.8 Å². The van der Waals surface area contributed by atoms with Gasteiger partial charge in [0.15, 0.2) is 17.3 Å². The number of carbonyl (C=O) groups is 4. The molecule has 1 unspecified atom stereocenters. The minimum atomic E-state index is -1.50. The van der Waals surface area contributed by atoms with Crippen LogP contribution in [0.3, 0.4) is 0 Å². The van der Waals surface area contributed by atoms with E-state index in [0.29, 0.717) is 30.3 Å². The Balaban J connectivity index is 1.53. The van der Waals surface area contributed by atoms with Crippen LogP contribution in [0.25, 0.3) is 11.1 Å². The van der Waals surface area contributed by atoms with Crippen molar-refractivity contribution in [2.24, 2.45) is 0 Å². The molecule has 0 fully saturated rings. The van der Waals surface area contributed by atoms with Gasteiger partial charge in [-0.15, -0.1) is 0 Å². The van der Waals surface area contributed by atoms with E-state index >= 15 is 0 Å². The molecule has 2 aromatic rings. The number of rotatable bonds is 9. The summed E-state index contributed by atoms with van der Waals surface area (Å²) < 4.78 is 24.1. The number of carboxylic acids is 1. The number of amides is 2. The van der Waals surface area contributed by atoms with Gasteiger partial charge in [0.05, 0.1) is 6.42 Å². The predicted octanol–water partition coefficient (Wildman–Crippen LogP) is 2.36. The van der Waals surface area contributed by atoms with Gasteiger partial charge in [-0.3, -0.25) is 19.2 Å². The number of ether oxygens (including phenoxy) is 2. The van der Waals surface area contributed by atoms with E-state index in [0.717, 1.165) is 16.7 Å². The molecule has 2 aliphatic rings. The molecule has 2 aliphatic heterocycles. The Morgan fingerprint density at radius 3 is 2.46 bits per heavy atom. The molecule has 0 spiro atoms. The van der Waals surface area contributed by atoms with Crippen molar-refractivity contribution in [1.82, 2.24) is 10.2 Å². The van der Waals surface area contributed by atoms with Crippen LogP contribution in [0.1, 0.15) is 35.7 Å². The number of carbonyl (C=O) groups excluding carboxylic acids is 3. The molecule has 35 heavy (non-hydrogen) atoms. The second kappa shape index (κ2) is 10.1. The number of benzene rings is 2. The van der Waals surface area contributed by atoms with E-state index in [-0.39, 0.29) is 18.9 Å². The summed E-state index contributed by atoms with van der Waals surface area (Å²) in [5, 5.41) is 11.3. The SMILES string of the molecule is CC[C@@H](C(=O)NC(CC(=O)O)C(=O)CF)N1Cc2ccc(-c3ccc4c(c3)OCCO4)cc2C1=O. The summed E-state index contributed by atoms with van der Waals surface area (Å²) in [6.45, 7) is 1.43. The average Bonchev–Trinajstić information content (AvgIpc) is 3.18. The van der Waals surface area contributed by atoms with Crippen molar-refractivity contribution in [1.29, 1.82) is 0 Å². The number of nitrogens with one attached hydrogen (secondary N) is 1. The van der Waals surface area contributed by atoms with Crippen LogP contribution in [0.5, 0.6) is 11.5 Å². The first-order chi connectivity index (χ1) is 16.8. The van der Waals surface area contributed by atoms with Crippen molar-refractivity contribution in [2.75, 3.05) is 19.9 Å². The van der Waals surface area contributed by atoms with Gasteiger partial charge in [0.25, 0.3) is 5.91 Å². The van der Waals surface area contributed by atoms with Crippen LogP contribution in [0, 0.1) is 0 Å². The van der Waals surface area contributed by atoms with Gasteiger partial charge in [0.1, 0.15) is 32.0 Å². The number of hydrogen-bond acceptors (Lipinski definition) is 6. The van der Waals surface area contributed by atoms with E-state index in [1.54, 1.807) is 13.0 Å². The van der Waals surface area contributed by atoms with Crippen LogP contribution in [0.4, 0.5) is 4.39 Å². The van der Waals surface area contributed by atoms with Gasteiger partial charge in [0, 0.05) is 12.1 Å². The standard InChI is InChI=1S/C25H25FN2O7/c1-2-19(24(32)27-18(11-23(30)31)20(29)12-26)28-13-16-4-3-14(9-17(16)25(28)33)15-5-6-21-22(10-15)35-8-7-34-21/h3-6,9-10,18-19H,2,7-8,11-13H2,1H3,(H,27,32)(H,30,31)/t18?,19-/m0/s1. The van der Waals surface area contributed by atoms with Gasteiger partial charge in [-0.25, -0.2) is 4.39 Å². The molecule has 0 saturated heterocycles. The molecule has 2 N–H and O–H groups in total. The summed E-state index contributed by atoms with van der Waals surface area (Å²) >= 11 is 0. The largest absolute Gasteiger partial charge is 0.486 e. The lowest BCUT2D eigenvalue weighted by atomic mass is 10.00. The molecule has 0 bridgehead atoms. The van der Waals surface area contributed by atoms with Crippen LogP contribution in [0.15, 0.2) is 36.4 Å². The van der Waals surface area contributed by atoms with E-state index in [1.165, 1.54) is 4.90 Å². The van der Waals surface area contributed by atoms with Crippen LogP contribution >= 0.6 is 0 Å². The zero-order valence-corrected chi connectivity index (χ0v) is 19.1. The lowest BCUT2D eigenvalue weighted by molar-refractivity contribution is -0.140. The van der Waals surface area contributed by atoms with Gasteiger partial charge in [0.2, 0.25) is 5.91 Å². The van der Waals surface area contributed by atoms with Crippen molar-refractivity contribution < 1.29 is 38.1 Å². The van der Waals surface area contributed by atoms with Crippen LogP contribution in [-0.4, -0.2) is 65.5 Å². The number of aliphatic carboxylic acids is 1. The highest BCUT2D eigenvalue weighted by Crippen LogP contribution is 2.36. The minimum absolute atomic E-state index is 0.183. The van der Waals surface area contributed by atoms with Gasteiger partial charge in [-0.1, -0.05) is 25.1 Å². The number of halogens is 1. The first kappa shape index (κ1) is 24.2. The van der Waals surface area contributed by atoms with Gasteiger partial charge in [-0.2, -0.15) is 0 Å². The number of hydrogen-bond donors (Lipinski definition) is 2. The lowest BCUT2D eigenvalue weighted by Gasteiger charge is -2.27. The van der Waals surface area contributed by atoms with Crippen LogP contribution < -0.4 is 14.8 Å². The Morgan fingerprint density at radius 1 is 1.09 bits per heavy atom. The summed E-state index contributed by atoms with van der Waals surface area (Å²) in [6.07, 6.45) is -0.512. The second-order valence-corrected chi connectivity index (χ2v) is 8.35. The number of nitrogens with zero attached hydrogens (tertiary/aromatic N) is 1. The van der Waals surface area contributed by atoms with E-state index in [1.807, 2.05) is 30.3 Å². The summed E-state index contributed by atoms with van der Waals surface area (Å²) in [4.78, 5) is 50.3. The minimum Gasteiger partial charge on any atom is -0.486 e. The normalized spacial score (nSPS) is 15.8. The Morgan fingerprint density at radius 2 is 1.77 bits per heavy atom. The van der Waals surface area contributed by atoms with Crippen molar-refractivity contribution in [3.05, 3.63) is 47.5 Å². The fraction of sp³-hybridized carbons (Fsp3) is 0.360. The van der Waals surface area contributed by atoms with Gasteiger partial charge >= 0.3 is 5.97 Å². The number of ketones is 1. The molecule has 0 saturated carbocycles. The highest BCUT2D eigenvalue weighted by Gasteiger charge is 2.37. The van der Waals surface area contributed by atoms with Crippen LogP contribution in [0.2, 0.25) is 0 Å². The quantitative estimate of drug-likeness (QED) is 0.560. The molecular weight excluding hydrogens is 459 g/mol. The van der Waals surface area contributed by atoms with E-state index in [4.69, 9.17) is 14.6 Å². The Labute approximate surface area is 200 Å². The summed E-state index contributed by atoms with van der Waals surface area (Å²) in [5.41, 5.74) is 2.83. The zero-order valence-electron chi connectivity index (χ0n) is 19.1. The molecule has 0 aromatic heterocycles. The number of fused-ring (bicyclic) bond motifs is 2. The fourth-order valence-corrected chi connectivity index (χ4v) is 4.31. The third-order valence-corrected chi connectivity index (χ3v) is 6.10. The van der Waals surface area contributed by atoms with E-state index in [2.05, 4.69) is 5.32 Å². The summed E-state index contributed by atoms with van der Waals surface area (Å²) in [7, 11) is 0. The number of alkyl halides is 1. The molecule has 2 heterocycles. The maximum absolute atomic E-state index is 13.3. The Bertz CT molecular complexity index is 1180. The molecule has 0 aliphatic carbocycles.